The molecule has 2 atom stereocenters. The quantitative estimate of drug-likeness (QED) is 0.677. The minimum Gasteiger partial charge on any atom is -0.481 e. The number of benzene rings is 1. The van der Waals surface area contributed by atoms with Gasteiger partial charge in [0.2, 0.25) is 5.91 Å². The fourth-order valence-electron chi connectivity index (χ4n) is 3.23. The number of hydrogen-bond acceptors (Lipinski definition) is 4. The summed E-state index contributed by atoms with van der Waals surface area (Å²) in [6.45, 7) is -1.26. The zero-order valence-corrected chi connectivity index (χ0v) is 14.8. The molecule has 0 unspecified atom stereocenters. The number of alkyl halides is 3. The van der Waals surface area contributed by atoms with Crippen molar-refractivity contribution in [1.29, 1.82) is 0 Å². The lowest BCUT2D eigenvalue weighted by atomic mass is 9.96. The molecule has 1 aliphatic carbocycles. The summed E-state index contributed by atoms with van der Waals surface area (Å²) in [4.78, 5) is 36.5. The van der Waals surface area contributed by atoms with Crippen molar-refractivity contribution in [3.63, 3.8) is 0 Å². The van der Waals surface area contributed by atoms with Crippen molar-refractivity contribution in [2.75, 3.05) is 25.0 Å². The van der Waals surface area contributed by atoms with Crippen LogP contribution >= 0.6 is 0 Å². The molecule has 1 aromatic carbocycles. The molecule has 7 nitrogen and oxygen atoms in total. The summed E-state index contributed by atoms with van der Waals surface area (Å²) < 4.78 is 39.0. The summed E-state index contributed by atoms with van der Waals surface area (Å²) in [7, 11) is 0. The fraction of sp³-hybridized carbons (Fsp3) is 0.500. The largest absolute Gasteiger partial charge is 0.481 e. The van der Waals surface area contributed by atoms with Crippen molar-refractivity contribution < 1.29 is 32.7 Å². The second-order valence-corrected chi connectivity index (χ2v) is 7.16. The van der Waals surface area contributed by atoms with Crippen LogP contribution in [0.25, 0.3) is 0 Å². The molecule has 2 aliphatic rings. The van der Waals surface area contributed by atoms with Crippen LogP contribution in [-0.4, -0.2) is 59.6 Å². The number of nitrogens with one attached hydrogen (secondary N) is 2. The molecule has 1 heterocycles. The van der Waals surface area contributed by atoms with Crippen LogP contribution in [0.15, 0.2) is 24.3 Å². The number of nitrogens with zero attached hydrogens (tertiary/aromatic N) is 1. The number of anilines is 1. The van der Waals surface area contributed by atoms with Crippen molar-refractivity contribution >= 4 is 23.5 Å². The monoisotopic (exact) mass is 399 g/mol. The van der Waals surface area contributed by atoms with Gasteiger partial charge in [-0.1, -0.05) is 6.07 Å². The number of halogens is 3. The molecular weight excluding hydrogens is 379 g/mol. The van der Waals surface area contributed by atoms with Gasteiger partial charge in [-0.25, -0.2) is 0 Å². The van der Waals surface area contributed by atoms with E-state index in [1.54, 1.807) is 18.2 Å². The molecule has 1 saturated heterocycles. The third-order valence-electron chi connectivity index (χ3n) is 4.82. The average Bonchev–Trinajstić information content (AvgIpc) is 3.30. The molecule has 10 heteroatoms. The minimum atomic E-state index is -4.64. The van der Waals surface area contributed by atoms with Crippen LogP contribution in [0.5, 0.6) is 0 Å². The third kappa shape index (κ3) is 5.00. The highest BCUT2D eigenvalue weighted by Gasteiger charge is 2.52. The fourth-order valence-corrected chi connectivity index (χ4v) is 3.23. The Bertz CT molecular complexity index is 780. The van der Waals surface area contributed by atoms with Crippen LogP contribution in [0.1, 0.15) is 23.2 Å². The zero-order valence-electron chi connectivity index (χ0n) is 14.8. The van der Waals surface area contributed by atoms with Crippen LogP contribution in [-0.2, 0) is 9.59 Å². The van der Waals surface area contributed by atoms with Crippen LogP contribution < -0.4 is 10.6 Å². The van der Waals surface area contributed by atoms with Gasteiger partial charge in [-0.05, 0) is 31.0 Å². The van der Waals surface area contributed by atoms with Gasteiger partial charge in [-0.3, -0.25) is 19.3 Å². The van der Waals surface area contributed by atoms with E-state index in [2.05, 4.69) is 10.6 Å². The maximum absolute atomic E-state index is 13.0. The van der Waals surface area contributed by atoms with Crippen LogP contribution in [0, 0.1) is 11.8 Å². The first-order chi connectivity index (χ1) is 13.1. The van der Waals surface area contributed by atoms with Crippen molar-refractivity contribution in [3.8, 4) is 0 Å². The number of carbonyl (C=O) groups excluding carboxylic acids is 2. The number of carboxylic acids is 1. The van der Waals surface area contributed by atoms with Crippen LogP contribution in [0.4, 0.5) is 18.9 Å². The van der Waals surface area contributed by atoms with Gasteiger partial charge in [-0.15, -0.1) is 0 Å². The van der Waals surface area contributed by atoms with E-state index >= 15 is 0 Å². The van der Waals surface area contributed by atoms with Gasteiger partial charge in [0.05, 0.1) is 18.4 Å². The Hall–Kier alpha value is -2.62. The average molecular weight is 399 g/mol. The van der Waals surface area contributed by atoms with Crippen molar-refractivity contribution in [2.45, 2.75) is 25.1 Å². The van der Waals surface area contributed by atoms with Gasteiger partial charge in [-0.2, -0.15) is 13.2 Å². The standard InChI is InChI=1S/C18H20F3N3O4/c19-18(20,21)14-8-24(7-13(14)17(27)28)9-15(25)22-12-3-1-2-10(6-12)16(26)23-11-4-5-11/h1-3,6,11,13-14H,4-5,7-9H2,(H,22,25)(H,23,26)(H,27,28)/t13-,14-/m1/s1. The van der Waals surface area contributed by atoms with E-state index in [9.17, 15) is 27.6 Å². The Morgan fingerprint density at radius 3 is 2.46 bits per heavy atom. The molecule has 2 amide bonds. The summed E-state index contributed by atoms with van der Waals surface area (Å²) >= 11 is 0. The molecule has 28 heavy (non-hydrogen) atoms. The van der Waals surface area contributed by atoms with E-state index in [0.717, 1.165) is 12.8 Å². The normalized spacial score (nSPS) is 22.7. The summed E-state index contributed by atoms with van der Waals surface area (Å²) in [6.07, 6.45) is -2.76. The maximum atomic E-state index is 13.0. The number of aliphatic carboxylic acids is 1. The maximum Gasteiger partial charge on any atom is 0.393 e. The SMILES string of the molecule is O=C(CN1C[C@@H](C(F)(F)F)[C@H](C(=O)O)C1)Nc1cccc(C(=O)NC2CC2)c1. The molecule has 0 aromatic heterocycles. The predicted molar refractivity (Wildman–Crippen MR) is 92.7 cm³/mol. The molecule has 3 N–H and O–H groups in total. The first kappa shape index (κ1) is 20.1. The Balaban J connectivity index is 1.58. The third-order valence-corrected chi connectivity index (χ3v) is 4.82. The highest BCUT2D eigenvalue weighted by Crippen LogP contribution is 2.37. The van der Waals surface area contributed by atoms with Crippen molar-refractivity contribution in [2.24, 2.45) is 11.8 Å². The number of likely N-dealkylation sites (tertiary alicyclic amines) is 1. The minimum absolute atomic E-state index is 0.185. The number of carboxylic acid groups (broad SMARTS) is 1. The number of carbonyl (C=O) groups is 3. The molecule has 2 fully saturated rings. The van der Waals surface area contributed by atoms with Crippen molar-refractivity contribution in [1.82, 2.24) is 10.2 Å². The lowest BCUT2D eigenvalue weighted by molar-refractivity contribution is -0.188. The van der Waals surface area contributed by atoms with Gasteiger partial charge >= 0.3 is 12.1 Å². The van der Waals surface area contributed by atoms with E-state index in [1.807, 2.05) is 0 Å². The highest BCUT2D eigenvalue weighted by atomic mass is 19.4. The number of rotatable bonds is 6. The summed E-state index contributed by atoms with van der Waals surface area (Å²) in [5.74, 6) is -5.96. The molecule has 0 bridgehead atoms. The summed E-state index contributed by atoms with van der Waals surface area (Å²) in [6, 6.07) is 6.42. The van der Waals surface area contributed by atoms with E-state index in [1.165, 1.54) is 11.0 Å². The van der Waals surface area contributed by atoms with Gasteiger partial charge in [0.25, 0.3) is 5.91 Å². The van der Waals surface area contributed by atoms with Gasteiger partial charge in [0, 0.05) is 30.4 Å². The zero-order chi connectivity index (χ0) is 20.5. The van der Waals surface area contributed by atoms with Crippen LogP contribution in [0.2, 0.25) is 0 Å². The van der Waals surface area contributed by atoms with E-state index < -0.39 is 36.4 Å². The molecule has 0 spiro atoms. The first-order valence-corrected chi connectivity index (χ1v) is 8.86. The molecule has 0 radical (unpaired) electrons. The summed E-state index contributed by atoms with van der Waals surface area (Å²) in [5, 5.41) is 14.4. The predicted octanol–water partition coefficient (Wildman–Crippen LogP) is 1.71. The molecule has 1 saturated carbocycles. The Morgan fingerprint density at radius 2 is 1.89 bits per heavy atom. The van der Waals surface area contributed by atoms with Crippen LogP contribution in [0.3, 0.4) is 0 Å². The van der Waals surface area contributed by atoms with E-state index in [-0.39, 0.29) is 25.0 Å². The Labute approximate surface area is 158 Å². The highest BCUT2D eigenvalue weighted by molar-refractivity contribution is 5.97. The second kappa shape index (κ2) is 7.78. The molecule has 1 aliphatic heterocycles. The Morgan fingerprint density at radius 1 is 1.18 bits per heavy atom. The molecule has 152 valence electrons. The van der Waals surface area contributed by atoms with Crippen molar-refractivity contribution in [3.05, 3.63) is 29.8 Å². The molecular formula is C18H20F3N3O4. The topological polar surface area (TPSA) is 98.7 Å². The molecule has 3 rings (SSSR count). The number of hydrogen-bond donors (Lipinski definition) is 3. The first-order valence-electron chi connectivity index (χ1n) is 8.86. The smallest absolute Gasteiger partial charge is 0.393 e. The summed E-state index contributed by atoms with van der Waals surface area (Å²) in [5.41, 5.74) is 0.712. The molecule has 1 aromatic rings. The van der Waals surface area contributed by atoms with E-state index in [4.69, 9.17) is 5.11 Å². The lowest BCUT2D eigenvalue weighted by Crippen LogP contribution is -2.34. The second-order valence-electron chi connectivity index (χ2n) is 7.16. The van der Waals surface area contributed by atoms with Gasteiger partial charge in [0.1, 0.15) is 0 Å². The van der Waals surface area contributed by atoms with E-state index in [0.29, 0.717) is 11.3 Å². The lowest BCUT2D eigenvalue weighted by Gasteiger charge is -2.18. The van der Waals surface area contributed by atoms with Gasteiger partial charge < -0.3 is 15.7 Å². The number of amides is 2. The Kier molecular flexibility index (Phi) is 5.59. The van der Waals surface area contributed by atoms with Gasteiger partial charge in [0.15, 0.2) is 0 Å².